The van der Waals surface area contributed by atoms with Crippen molar-refractivity contribution in [2.24, 2.45) is 0 Å². The van der Waals surface area contributed by atoms with Crippen molar-refractivity contribution >= 4 is 11.9 Å². The summed E-state index contributed by atoms with van der Waals surface area (Å²) in [5, 5.41) is 8.88. The zero-order chi connectivity index (χ0) is 22.4. The number of esters is 1. The minimum atomic E-state index is -0.506. The molecule has 0 spiro atoms. The van der Waals surface area contributed by atoms with Crippen LogP contribution in [0, 0.1) is 11.3 Å². The Hall–Kier alpha value is -3.73. The van der Waals surface area contributed by atoms with Gasteiger partial charge in [0.2, 0.25) is 0 Å². The third kappa shape index (κ3) is 4.89. The molecule has 31 heavy (non-hydrogen) atoms. The van der Waals surface area contributed by atoms with Crippen LogP contribution in [-0.4, -0.2) is 51.3 Å². The highest BCUT2D eigenvalue weighted by molar-refractivity contribution is 5.80. The molecular formula is C23H24N2O6. The molecule has 0 aliphatic carbocycles. The molecule has 1 atom stereocenters. The average Bonchev–Trinajstić information content (AvgIpc) is 2.81. The van der Waals surface area contributed by atoms with Crippen LogP contribution in [0.4, 0.5) is 0 Å². The zero-order valence-corrected chi connectivity index (χ0v) is 17.7. The first-order chi connectivity index (χ1) is 15.0. The maximum Gasteiger partial charge on any atom is 0.307 e. The number of carbonyl (C=O) groups excluding carboxylic acids is 2. The molecule has 2 aromatic rings. The standard InChI is InChI=1S/C23H24N2O6/c1-28-20-10-16-8-9-25(19(12-23(27)30-3)18(16)11-21(20)29-2)22(26)14-31-17-6-4-15(13-24)5-7-17/h4-7,10-11,19H,8-9,12,14H2,1-3H3. The molecule has 0 bridgehead atoms. The summed E-state index contributed by atoms with van der Waals surface area (Å²) in [7, 11) is 4.42. The average molecular weight is 424 g/mol. The summed E-state index contributed by atoms with van der Waals surface area (Å²) in [6.07, 6.45) is 0.623. The Kier molecular flexibility index (Phi) is 6.98. The van der Waals surface area contributed by atoms with Gasteiger partial charge in [-0.3, -0.25) is 9.59 Å². The van der Waals surface area contributed by atoms with Gasteiger partial charge in [-0.25, -0.2) is 0 Å². The maximum absolute atomic E-state index is 13.0. The Morgan fingerprint density at radius 3 is 2.39 bits per heavy atom. The molecule has 2 aromatic carbocycles. The number of nitriles is 1. The molecule has 162 valence electrons. The molecule has 1 heterocycles. The Labute approximate surface area is 180 Å². The molecule has 1 aliphatic rings. The second-order valence-corrected chi connectivity index (χ2v) is 6.96. The van der Waals surface area contributed by atoms with Crippen LogP contribution in [0.1, 0.15) is 29.2 Å². The van der Waals surface area contributed by atoms with Gasteiger partial charge in [-0.1, -0.05) is 0 Å². The number of nitrogens with zero attached hydrogens (tertiary/aromatic N) is 2. The van der Waals surface area contributed by atoms with E-state index in [1.165, 1.54) is 14.2 Å². The summed E-state index contributed by atoms with van der Waals surface area (Å²) < 4.78 is 21.3. The highest BCUT2D eigenvalue weighted by Gasteiger charge is 2.34. The number of amides is 1. The molecule has 8 nitrogen and oxygen atoms in total. The number of fused-ring (bicyclic) bond motifs is 1. The molecule has 0 aromatic heterocycles. The Bertz CT molecular complexity index is 996. The van der Waals surface area contributed by atoms with E-state index in [0.717, 1.165) is 11.1 Å². The van der Waals surface area contributed by atoms with Crippen LogP contribution in [-0.2, 0) is 20.7 Å². The molecule has 1 unspecified atom stereocenters. The second kappa shape index (κ2) is 9.85. The molecule has 1 amide bonds. The Balaban J connectivity index is 1.83. The number of hydrogen-bond donors (Lipinski definition) is 0. The first kappa shape index (κ1) is 22.0. The molecule has 0 fully saturated rings. The fourth-order valence-corrected chi connectivity index (χ4v) is 3.64. The molecule has 0 N–H and O–H groups in total. The molecular weight excluding hydrogens is 400 g/mol. The number of benzene rings is 2. The Morgan fingerprint density at radius 2 is 1.77 bits per heavy atom. The fourth-order valence-electron chi connectivity index (χ4n) is 3.64. The van der Waals surface area contributed by atoms with Gasteiger partial charge in [0.15, 0.2) is 18.1 Å². The van der Waals surface area contributed by atoms with Crippen molar-refractivity contribution in [3.63, 3.8) is 0 Å². The van der Waals surface area contributed by atoms with Crippen LogP contribution in [0.5, 0.6) is 17.2 Å². The molecule has 3 rings (SSSR count). The van der Waals surface area contributed by atoms with E-state index in [1.54, 1.807) is 36.3 Å². The molecule has 8 heteroatoms. The summed E-state index contributed by atoms with van der Waals surface area (Å²) >= 11 is 0. The number of hydrogen-bond acceptors (Lipinski definition) is 7. The lowest BCUT2D eigenvalue weighted by Crippen LogP contribution is -2.43. The molecule has 0 saturated heterocycles. The highest BCUT2D eigenvalue weighted by Crippen LogP contribution is 2.39. The van der Waals surface area contributed by atoms with Crippen LogP contribution in [0.25, 0.3) is 0 Å². The van der Waals surface area contributed by atoms with Crippen molar-refractivity contribution in [3.05, 3.63) is 53.1 Å². The van der Waals surface area contributed by atoms with Crippen molar-refractivity contribution < 1.29 is 28.5 Å². The van der Waals surface area contributed by atoms with E-state index in [9.17, 15) is 9.59 Å². The second-order valence-electron chi connectivity index (χ2n) is 6.96. The van der Waals surface area contributed by atoms with Gasteiger partial charge in [0, 0.05) is 6.54 Å². The third-order valence-corrected chi connectivity index (χ3v) is 5.26. The molecule has 1 aliphatic heterocycles. The van der Waals surface area contributed by atoms with Gasteiger partial charge >= 0.3 is 5.97 Å². The van der Waals surface area contributed by atoms with E-state index >= 15 is 0 Å². The van der Waals surface area contributed by atoms with Gasteiger partial charge in [0.05, 0.1) is 45.4 Å². The lowest BCUT2D eigenvalue weighted by molar-refractivity contribution is -0.144. The third-order valence-electron chi connectivity index (χ3n) is 5.26. The first-order valence-corrected chi connectivity index (χ1v) is 9.74. The topological polar surface area (TPSA) is 98.1 Å². The van der Waals surface area contributed by atoms with E-state index in [0.29, 0.717) is 35.8 Å². The van der Waals surface area contributed by atoms with E-state index < -0.39 is 12.0 Å². The van der Waals surface area contributed by atoms with Crippen molar-refractivity contribution in [2.45, 2.75) is 18.9 Å². The van der Waals surface area contributed by atoms with E-state index in [1.807, 2.05) is 18.2 Å². The summed E-state index contributed by atoms with van der Waals surface area (Å²) in [6, 6.07) is 11.7. The minimum absolute atomic E-state index is 0.0155. The maximum atomic E-state index is 13.0. The van der Waals surface area contributed by atoms with Crippen LogP contribution in [0.2, 0.25) is 0 Å². The predicted molar refractivity (Wildman–Crippen MR) is 111 cm³/mol. The number of rotatable bonds is 7. The Morgan fingerprint density at radius 1 is 1.10 bits per heavy atom. The monoisotopic (exact) mass is 424 g/mol. The summed E-state index contributed by atoms with van der Waals surface area (Å²) in [4.78, 5) is 26.7. The van der Waals surface area contributed by atoms with Crippen LogP contribution >= 0.6 is 0 Å². The lowest BCUT2D eigenvalue weighted by atomic mass is 9.90. The van der Waals surface area contributed by atoms with Crippen LogP contribution in [0.15, 0.2) is 36.4 Å². The summed E-state index contributed by atoms with van der Waals surface area (Å²) in [5.74, 6) is 0.944. The molecule has 0 saturated carbocycles. The SMILES string of the molecule is COC(=O)CC1c2cc(OC)c(OC)cc2CCN1C(=O)COc1ccc(C#N)cc1. The van der Waals surface area contributed by atoms with Gasteiger partial charge in [0.1, 0.15) is 5.75 Å². The predicted octanol–water partition coefficient (Wildman–Crippen LogP) is 2.64. The summed E-state index contributed by atoms with van der Waals surface area (Å²) in [6.45, 7) is 0.242. The van der Waals surface area contributed by atoms with Crippen LogP contribution < -0.4 is 14.2 Å². The molecule has 0 radical (unpaired) electrons. The zero-order valence-electron chi connectivity index (χ0n) is 17.7. The number of ether oxygens (including phenoxy) is 4. The van der Waals surface area contributed by atoms with E-state index in [2.05, 4.69) is 0 Å². The largest absolute Gasteiger partial charge is 0.493 e. The smallest absolute Gasteiger partial charge is 0.307 e. The number of methoxy groups -OCH3 is 3. The van der Waals surface area contributed by atoms with Gasteiger partial charge in [-0.05, 0) is 53.9 Å². The van der Waals surface area contributed by atoms with Gasteiger partial charge < -0.3 is 23.8 Å². The van der Waals surface area contributed by atoms with Gasteiger partial charge in [-0.15, -0.1) is 0 Å². The van der Waals surface area contributed by atoms with E-state index in [-0.39, 0.29) is 18.9 Å². The lowest BCUT2D eigenvalue weighted by Gasteiger charge is -2.37. The van der Waals surface area contributed by atoms with Crippen LogP contribution in [0.3, 0.4) is 0 Å². The normalized spacial score (nSPS) is 14.8. The highest BCUT2D eigenvalue weighted by atomic mass is 16.5. The van der Waals surface area contributed by atoms with Crippen molar-refractivity contribution in [1.82, 2.24) is 4.90 Å². The first-order valence-electron chi connectivity index (χ1n) is 9.74. The van der Waals surface area contributed by atoms with Crippen molar-refractivity contribution in [1.29, 1.82) is 5.26 Å². The van der Waals surface area contributed by atoms with Crippen molar-refractivity contribution in [2.75, 3.05) is 34.5 Å². The van der Waals surface area contributed by atoms with Crippen molar-refractivity contribution in [3.8, 4) is 23.3 Å². The minimum Gasteiger partial charge on any atom is -0.493 e. The summed E-state index contributed by atoms with van der Waals surface area (Å²) in [5.41, 5.74) is 2.32. The van der Waals surface area contributed by atoms with Gasteiger partial charge in [-0.2, -0.15) is 5.26 Å². The number of carbonyl (C=O) groups is 2. The van der Waals surface area contributed by atoms with Gasteiger partial charge in [0.25, 0.3) is 5.91 Å². The van der Waals surface area contributed by atoms with E-state index in [4.69, 9.17) is 24.2 Å². The fraction of sp³-hybridized carbons (Fsp3) is 0.348. The quantitative estimate of drug-likeness (QED) is 0.630.